The van der Waals surface area contributed by atoms with E-state index in [1.165, 1.54) is 4.90 Å². The number of rotatable bonds is 6. The molecule has 1 saturated heterocycles. The molecule has 0 bridgehead atoms. The van der Waals surface area contributed by atoms with Gasteiger partial charge < -0.3 is 9.64 Å². The number of hydrogen-bond acceptors (Lipinski definition) is 3. The maximum absolute atomic E-state index is 12.8. The first-order valence-electron chi connectivity index (χ1n) is 9.81. The number of alkyl halides is 3. The number of halogens is 3. The highest BCUT2D eigenvalue weighted by atomic mass is 19.4. The highest BCUT2D eigenvalue weighted by molar-refractivity contribution is 5.78. The molecule has 1 aliphatic rings. The van der Waals surface area contributed by atoms with E-state index in [0.29, 0.717) is 18.9 Å². The fourth-order valence-electron chi connectivity index (χ4n) is 3.47. The summed E-state index contributed by atoms with van der Waals surface area (Å²) >= 11 is 0. The minimum atomic E-state index is -4.55. The van der Waals surface area contributed by atoms with Gasteiger partial charge in [-0.25, -0.2) is 0 Å². The third kappa shape index (κ3) is 7.70. The molecular weight excluding hydrogens is 359 g/mol. The van der Waals surface area contributed by atoms with E-state index in [2.05, 4.69) is 13.8 Å². The molecule has 0 saturated carbocycles. The Kier molecular flexibility index (Phi) is 8.17. The van der Waals surface area contributed by atoms with Gasteiger partial charge in [-0.2, -0.15) is 13.2 Å². The number of hydrogen-bond donors (Lipinski definition) is 0. The third-order valence-corrected chi connectivity index (χ3v) is 5.28. The van der Waals surface area contributed by atoms with Crippen LogP contribution in [0.25, 0.3) is 0 Å². The van der Waals surface area contributed by atoms with Gasteiger partial charge in [-0.1, -0.05) is 20.3 Å². The van der Waals surface area contributed by atoms with Crippen LogP contribution in [0.3, 0.4) is 0 Å². The van der Waals surface area contributed by atoms with Crippen LogP contribution in [0.15, 0.2) is 0 Å². The summed E-state index contributed by atoms with van der Waals surface area (Å²) in [7, 11) is 0. The Labute approximate surface area is 160 Å². The maximum atomic E-state index is 12.8. The first-order chi connectivity index (χ1) is 12.2. The van der Waals surface area contributed by atoms with E-state index in [4.69, 9.17) is 4.74 Å². The molecule has 0 aromatic heterocycles. The van der Waals surface area contributed by atoms with Crippen LogP contribution in [0.1, 0.15) is 73.6 Å². The monoisotopic (exact) mass is 393 g/mol. The number of carbonyl (C=O) groups excluding carboxylic acids is 2. The Bertz CT molecular complexity index is 514. The van der Waals surface area contributed by atoms with Crippen molar-refractivity contribution >= 4 is 11.9 Å². The standard InChI is InChI=1S/C20H34F3NO3/c1-7-13(2)10-15-8-9-16(14(3)27-18(26)19(4,5)6)24(12-15)17(25)11-20(21,22)23/h13-16H,7-12H2,1-6H3/t13-,14-,15?,16?/m0/s1. The van der Waals surface area contributed by atoms with E-state index in [1.807, 2.05) is 0 Å². The fourth-order valence-corrected chi connectivity index (χ4v) is 3.47. The van der Waals surface area contributed by atoms with Crippen molar-refractivity contribution in [1.29, 1.82) is 0 Å². The lowest BCUT2D eigenvalue weighted by atomic mass is 9.84. The summed E-state index contributed by atoms with van der Waals surface area (Å²) in [6, 6.07) is -0.515. The lowest BCUT2D eigenvalue weighted by Crippen LogP contribution is -2.53. The van der Waals surface area contributed by atoms with Crippen LogP contribution in [-0.2, 0) is 14.3 Å². The molecule has 0 aromatic carbocycles. The Balaban J connectivity index is 2.92. The predicted molar refractivity (Wildman–Crippen MR) is 98.0 cm³/mol. The zero-order valence-electron chi connectivity index (χ0n) is 17.4. The van der Waals surface area contributed by atoms with Crippen molar-refractivity contribution in [3.05, 3.63) is 0 Å². The fraction of sp³-hybridized carbons (Fsp3) is 0.900. The molecule has 1 amide bonds. The van der Waals surface area contributed by atoms with Crippen LogP contribution in [0, 0.1) is 17.3 Å². The largest absolute Gasteiger partial charge is 0.460 e. The smallest absolute Gasteiger partial charge is 0.397 e. The second kappa shape index (κ2) is 9.28. The van der Waals surface area contributed by atoms with Crippen LogP contribution < -0.4 is 0 Å². The number of amides is 1. The Hall–Kier alpha value is -1.27. The van der Waals surface area contributed by atoms with Crippen molar-refractivity contribution in [2.24, 2.45) is 17.3 Å². The molecular formula is C20H34F3NO3. The SMILES string of the molecule is CC[C@H](C)CC1CCC([C@H](C)OC(=O)C(C)(C)C)N(C(=O)CC(F)(F)F)C1. The Morgan fingerprint density at radius 3 is 2.22 bits per heavy atom. The molecule has 27 heavy (non-hydrogen) atoms. The third-order valence-electron chi connectivity index (χ3n) is 5.28. The average Bonchev–Trinajstić information content (AvgIpc) is 2.51. The number of likely N-dealkylation sites (tertiary alicyclic amines) is 1. The molecule has 0 spiro atoms. The Morgan fingerprint density at radius 2 is 1.74 bits per heavy atom. The topological polar surface area (TPSA) is 46.6 Å². The Morgan fingerprint density at radius 1 is 1.15 bits per heavy atom. The van der Waals surface area contributed by atoms with Crippen LogP contribution >= 0.6 is 0 Å². The van der Waals surface area contributed by atoms with Gasteiger partial charge >= 0.3 is 12.1 Å². The van der Waals surface area contributed by atoms with Gasteiger partial charge in [0.1, 0.15) is 12.5 Å². The van der Waals surface area contributed by atoms with E-state index in [-0.39, 0.29) is 5.92 Å². The summed E-state index contributed by atoms with van der Waals surface area (Å²) in [4.78, 5) is 25.9. The molecule has 158 valence electrons. The first kappa shape index (κ1) is 23.8. The van der Waals surface area contributed by atoms with Crippen LogP contribution in [0.4, 0.5) is 13.2 Å². The first-order valence-corrected chi connectivity index (χ1v) is 9.81. The van der Waals surface area contributed by atoms with Gasteiger partial charge in [-0.3, -0.25) is 9.59 Å². The molecule has 0 aliphatic carbocycles. The molecule has 4 nitrogen and oxygen atoms in total. The van der Waals surface area contributed by atoms with Crippen molar-refractivity contribution in [3.63, 3.8) is 0 Å². The van der Waals surface area contributed by atoms with Crippen LogP contribution in [-0.4, -0.2) is 41.6 Å². The van der Waals surface area contributed by atoms with Crippen molar-refractivity contribution in [1.82, 2.24) is 4.90 Å². The average molecular weight is 393 g/mol. The van der Waals surface area contributed by atoms with E-state index >= 15 is 0 Å². The lowest BCUT2D eigenvalue weighted by Gasteiger charge is -2.43. The van der Waals surface area contributed by atoms with Gasteiger partial charge in [0.15, 0.2) is 0 Å². The van der Waals surface area contributed by atoms with Gasteiger partial charge in [0, 0.05) is 6.54 Å². The van der Waals surface area contributed by atoms with E-state index in [1.54, 1.807) is 27.7 Å². The quantitative estimate of drug-likeness (QED) is 0.599. The summed E-state index contributed by atoms with van der Waals surface area (Å²) in [5, 5.41) is 0. The van der Waals surface area contributed by atoms with Gasteiger partial charge in [0.05, 0.1) is 11.5 Å². The molecule has 0 radical (unpaired) electrons. The zero-order chi connectivity index (χ0) is 21.0. The molecule has 0 N–H and O–H groups in total. The van der Waals surface area contributed by atoms with Crippen molar-refractivity contribution in [2.45, 2.75) is 92.0 Å². The maximum Gasteiger partial charge on any atom is 0.397 e. The summed E-state index contributed by atoms with van der Waals surface area (Å²) in [5.41, 5.74) is -0.706. The molecule has 2 unspecified atom stereocenters. The van der Waals surface area contributed by atoms with E-state index in [9.17, 15) is 22.8 Å². The number of ether oxygens (including phenoxy) is 1. The second-order valence-electron chi connectivity index (χ2n) is 8.96. The molecule has 4 atom stereocenters. The molecule has 1 aliphatic heterocycles. The molecule has 7 heteroatoms. The van der Waals surface area contributed by atoms with Crippen LogP contribution in [0.2, 0.25) is 0 Å². The van der Waals surface area contributed by atoms with E-state index in [0.717, 1.165) is 19.3 Å². The van der Waals surface area contributed by atoms with Crippen molar-refractivity contribution in [3.8, 4) is 0 Å². The van der Waals surface area contributed by atoms with Gasteiger partial charge in [0.2, 0.25) is 5.91 Å². The van der Waals surface area contributed by atoms with Gasteiger partial charge in [-0.05, 0) is 58.8 Å². The van der Waals surface area contributed by atoms with Crippen molar-refractivity contribution in [2.75, 3.05) is 6.54 Å². The summed E-state index contributed by atoms with van der Waals surface area (Å²) in [5.74, 6) is -0.707. The minimum absolute atomic E-state index is 0.180. The highest BCUT2D eigenvalue weighted by Crippen LogP contribution is 2.32. The summed E-state index contributed by atoms with van der Waals surface area (Å²) < 4.78 is 43.8. The number of esters is 1. The molecule has 1 heterocycles. The van der Waals surface area contributed by atoms with Gasteiger partial charge in [0.25, 0.3) is 0 Å². The number of carbonyl (C=O) groups is 2. The summed E-state index contributed by atoms with van der Waals surface area (Å²) in [6.45, 7) is 11.3. The normalized spacial score (nSPS) is 23.7. The highest BCUT2D eigenvalue weighted by Gasteiger charge is 2.41. The second-order valence-corrected chi connectivity index (χ2v) is 8.96. The molecule has 0 aromatic rings. The molecule has 1 fully saturated rings. The lowest BCUT2D eigenvalue weighted by molar-refractivity contribution is -0.174. The number of nitrogens with zero attached hydrogens (tertiary/aromatic N) is 1. The van der Waals surface area contributed by atoms with Crippen molar-refractivity contribution < 1.29 is 27.5 Å². The molecule has 1 rings (SSSR count). The van der Waals surface area contributed by atoms with Crippen LogP contribution in [0.5, 0.6) is 0 Å². The van der Waals surface area contributed by atoms with E-state index < -0.39 is 42.0 Å². The van der Waals surface area contributed by atoms with Gasteiger partial charge in [-0.15, -0.1) is 0 Å². The minimum Gasteiger partial charge on any atom is -0.460 e. The predicted octanol–water partition coefficient (Wildman–Crippen LogP) is 4.96. The number of piperidine rings is 1. The summed E-state index contributed by atoms with van der Waals surface area (Å²) in [6.07, 6.45) is -3.41. The zero-order valence-corrected chi connectivity index (χ0v) is 17.4.